The van der Waals surface area contributed by atoms with Gasteiger partial charge in [0.1, 0.15) is 23.9 Å². The van der Waals surface area contributed by atoms with Gasteiger partial charge in [0, 0.05) is 17.3 Å². The van der Waals surface area contributed by atoms with Crippen LogP contribution in [0.3, 0.4) is 0 Å². The van der Waals surface area contributed by atoms with Gasteiger partial charge in [-0.05, 0) is 49.4 Å². The highest BCUT2D eigenvalue weighted by Gasteiger charge is 2.31. The third-order valence-electron chi connectivity index (χ3n) is 4.84. The number of rotatable bonds is 6. The van der Waals surface area contributed by atoms with E-state index >= 15 is 0 Å². The maximum Gasteiger partial charge on any atom is 0.267 e. The summed E-state index contributed by atoms with van der Waals surface area (Å²) in [6.07, 6.45) is -0.668. The Morgan fingerprint density at radius 1 is 1.10 bits per heavy atom. The smallest absolute Gasteiger partial charge is 0.267 e. The number of para-hydroxylation sites is 1. The Hall–Kier alpha value is -3.87. The minimum atomic E-state index is -0.668. The molecule has 0 aromatic heterocycles. The maximum absolute atomic E-state index is 13.4. The Bertz CT molecular complexity index is 1100. The molecule has 1 atom stereocenters. The zero-order chi connectivity index (χ0) is 21.8. The predicted octanol–water partition coefficient (Wildman–Crippen LogP) is 4.27. The maximum atomic E-state index is 13.4. The van der Waals surface area contributed by atoms with Gasteiger partial charge in [0.25, 0.3) is 11.8 Å². The van der Waals surface area contributed by atoms with Crippen molar-refractivity contribution in [2.24, 2.45) is 0 Å². The Labute approximate surface area is 179 Å². The second-order valence-corrected chi connectivity index (χ2v) is 7.06. The Balaban J connectivity index is 1.48. The lowest BCUT2D eigenvalue weighted by Gasteiger charge is -2.33. The number of ether oxygens (including phenoxy) is 2. The average molecular weight is 420 g/mol. The summed E-state index contributed by atoms with van der Waals surface area (Å²) in [5.74, 6) is 0.117. The molecule has 3 aromatic carbocycles. The fourth-order valence-electron chi connectivity index (χ4n) is 3.32. The van der Waals surface area contributed by atoms with E-state index in [1.165, 1.54) is 24.3 Å². The van der Waals surface area contributed by atoms with Crippen LogP contribution in [0.25, 0.3) is 0 Å². The van der Waals surface area contributed by atoms with E-state index in [1.807, 2.05) is 30.3 Å². The molecule has 0 fully saturated rings. The second kappa shape index (κ2) is 8.87. The molecule has 0 aliphatic carbocycles. The summed E-state index contributed by atoms with van der Waals surface area (Å²) in [6, 6.07) is 19.9. The van der Waals surface area contributed by atoms with Crippen molar-refractivity contribution < 1.29 is 23.5 Å². The first-order valence-electron chi connectivity index (χ1n) is 9.88. The summed E-state index contributed by atoms with van der Waals surface area (Å²) < 4.78 is 24.8. The molecule has 0 saturated carbocycles. The number of nitrogens with one attached hydrogen (secondary N) is 1. The van der Waals surface area contributed by atoms with Gasteiger partial charge in [-0.15, -0.1) is 0 Å². The van der Waals surface area contributed by atoms with Gasteiger partial charge < -0.3 is 19.7 Å². The molecule has 1 N–H and O–H groups in total. The molecular weight excluding hydrogens is 399 g/mol. The van der Waals surface area contributed by atoms with E-state index in [0.29, 0.717) is 30.3 Å². The highest BCUT2D eigenvalue weighted by molar-refractivity contribution is 6.05. The minimum absolute atomic E-state index is 0.166. The van der Waals surface area contributed by atoms with Gasteiger partial charge in [-0.25, -0.2) is 4.39 Å². The number of carbonyl (C=O) groups is 2. The van der Waals surface area contributed by atoms with Crippen molar-refractivity contribution in [3.05, 3.63) is 84.2 Å². The van der Waals surface area contributed by atoms with Crippen molar-refractivity contribution in [2.75, 3.05) is 23.4 Å². The monoisotopic (exact) mass is 420 g/mol. The van der Waals surface area contributed by atoms with Crippen LogP contribution < -0.4 is 19.7 Å². The number of amides is 2. The fraction of sp³-hybridized carbons (Fsp3) is 0.167. The van der Waals surface area contributed by atoms with Crippen LogP contribution in [0.5, 0.6) is 11.5 Å². The quantitative estimate of drug-likeness (QED) is 0.647. The highest BCUT2D eigenvalue weighted by atomic mass is 19.1. The molecule has 1 aliphatic heterocycles. The van der Waals surface area contributed by atoms with E-state index in [-0.39, 0.29) is 11.5 Å². The largest absolute Gasteiger partial charge is 0.492 e. The minimum Gasteiger partial charge on any atom is -0.492 e. The van der Waals surface area contributed by atoms with E-state index < -0.39 is 17.8 Å². The second-order valence-electron chi connectivity index (χ2n) is 7.06. The third-order valence-corrected chi connectivity index (χ3v) is 4.84. The van der Waals surface area contributed by atoms with E-state index in [0.717, 1.165) is 5.75 Å². The van der Waals surface area contributed by atoms with E-state index in [1.54, 1.807) is 30.0 Å². The van der Waals surface area contributed by atoms with Crippen molar-refractivity contribution >= 4 is 23.2 Å². The fourth-order valence-corrected chi connectivity index (χ4v) is 3.32. The molecule has 6 nitrogen and oxygen atoms in total. The lowest BCUT2D eigenvalue weighted by Crippen LogP contribution is -2.46. The number of benzene rings is 3. The average Bonchev–Trinajstić information content (AvgIpc) is 2.77. The molecular formula is C24H21FN2O4. The summed E-state index contributed by atoms with van der Waals surface area (Å²) >= 11 is 0. The molecule has 158 valence electrons. The van der Waals surface area contributed by atoms with Crippen molar-refractivity contribution in [2.45, 2.75) is 13.0 Å². The molecule has 1 heterocycles. The molecule has 0 radical (unpaired) electrons. The number of nitrogens with zero attached hydrogens (tertiary/aromatic N) is 1. The zero-order valence-electron chi connectivity index (χ0n) is 16.9. The van der Waals surface area contributed by atoms with Crippen molar-refractivity contribution in [3.63, 3.8) is 0 Å². The Morgan fingerprint density at radius 3 is 2.68 bits per heavy atom. The van der Waals surface area contributed by atoms with Gasteiger partial charge >= 0.3 is 0 Å². The van der Waals surface area contributed by atoms with E-state index in [9.17, 15) is 14.0 Å². The molecule has 31 heavy (non-hydrogen) atoms. The zero-order valence-corrected chi connectivity index (χ0v) is 16.9. The van der Waals surface area contributed by atoms with Crippen LogP contribution in [0.15, 0.2) is 72.8 Å². The van der Waals surface area contributed by atoms with Gasteiger partial charge in [-0.3, -0.25) is 9.59 Å². The lowest BCUT2D eigenvalue weighted by molar-refractivity contribution is -0.125. The number of hydrogen-bond donors (Lipinski definition) is 1. The highest BCUT2D eigenvalue weighted by Crippen LogP contribution is 2.36. The van der Waals surface area contributed by atoms with Gasteiger partial charge in [0.2, 0.25) is 0 Å². The van der Waals surface area contributed by atoms with Crippen molar-refractivity contribution in [3.8, 4) is 11.5 Å². The van der Waals surface area contributed by atoms with Crippen molar-refractivity contribution in [1.29, 1.82) is 0 Å². The molecule has 2 amide bonds. The van der Waals surface area contributed by atoms with Crippen LogP contribution in [0.2, 0.25) is 0 Å². The number of carbonyl (C=O) groups excluding carboxylic acids is 2. The summed E-state index contributed by atoms with van der Waals surface area (Å²) in [7, 11) is 0. The summed E-state index contributed by atoms with van der Waals surface area (Å²) in [5, 5.41) is 2.73. The van der Waals surface area contributed by atoms with Crippen LogP contribution in [-0.2, 0) is 4.79 Å². The SMILES string of the molecule is CC1Oc2cc(NC(=O)c3cccc(F)c3)ccc2N(CCOc2ccccc2)C1=O. The van der Waals surface area contributed by atoms with Gasteiger partial charge in [-0.1, -0.05) is 24.3 Å². The van der Waals surface area contributed by atoms with E-state index in [4.69, 9.17) is 9.47 Å². The Morgan fingerprint density at radius 2 is 1.90 bits per heavy atom. The van der Waals surface area contributed by atoms with Crippen LogP contribution >= 0.6 is 0 Å². The summed E-state index contributed by atoms with van der Waals surface area (Å²) in [6.45, 7) is 2.34. The first-order chi connectivity index (χ1) is 15.0. The summed E-state index contributed by atoms with van der Waals surface area (Å²) in [4.78, 5) is 26.7. The number of anilines is 2. The van der Waals surface area contributed by atoms with Gasteiger partial charge in [0.15, 0.2) is 6.10 Å². The predicted molar refractivity (Wildman–Crippen MR) is 115 cm³/mol. The van der Waals surface area contributed by atoms with Gasteiger partial charge in [-0.2, -0.15) is 0 Å². The molecule has 1 unspecified atom stereocenters. The standard InChI is InChI=1S/C24H21FN2O4/c1-16-24(29)27(12-13-30-20-8-3-2-4-9-20)21-11-10-19(15-22(21)31-16)26-23(28)17-6-5-7-18(25)14-17/h2-11,14-16H,12-13H2,1H3,(H,26,28). The van der Waals surface area contributed by atoms with Gasteiger partial charge in [0.05, 0.1) is 12.2 Å². The topological polar surface area (TPSA) is 67.9 Å². The third kappa shape index (κ3) is 4.66. The Kier molecular flexibility index (Phi) is 5.84. The number of halogens is 1. The van der Waals surface area contributed by atoms with Crippen LogP contribution in [0.4, 0.5) is 15.8 Å². The molecule has 0 saturated heterocycles. The van der Waals surface area contributed by atoms with Crippen LogP contribution in [0, 0.1) is 5.82 Å². The normalized spacial score (nSPS) is 15.1. The number of fused-ring (bicyclic) bond motifs is 1. The lowest BCUT2D eigenvalue weighted by atomic mass is 10.1. The first kappa shape index (κ1) is 20.4. The first-order valence-corrected chi connectivity index (χ1v) is 9.88. The molecule has 7 heteroatoms. The van der Waals surface area contributed by atoms with Crippen LogP contribution in [-0.4, -0.2) is 31.1 Å². The molecule has 3 aromatic rings. The van der Waals surface area contributed by atoms with Crippen LogP contribution in [0.1, 0.15) is 17.3 Å². The molecule has 1 aliphatic rings. The molecule has 4 rings (SSSR count). The molecule has 0 spiro atoms. The molecule has 0 bridgehead atoms. The van der Waals surface area contributed by atoms with Crippen molar-refractivity contribution in [1.82, 2.24) is 0 Å². The van der Waals surface area contributed by atoms with E-state index in [2.05, 4.69) is 5.32 Å². The number of hydrogen-bond acceptors (Lipinski definition) is 4. The summed E-state index contributed by atoms with van der Waals surface area (Å²) in [5.41, 5.74) is 1.29.